The van der Waals surface area contributed by atoms with E-state index in [1.165, 1.54) is 0 Å². The van der Waals surface area contributed by atoms with Gasteiger partial charge in [0.15, 0.2) is 0 Å². The molecule has 0 aromatic heterocycles. The van der Waals surface area contributed by atoms with Crippen LogP contribution in [0.2, 0.25) is 5.02 Å². The van der Waals surface area contributed by atoms with Crippen molar-refractivity contribution in [2.75, 3.05) is 0 Å². The number of esters is 1. The Balaban J connectivity index is 2.83. The van der Waals surface area contributed by atoms with E-state index in [-0.39, 0.29) is 0 Å². The zero-order valence-electron chi connectivity index (χ0n) is 7.97. The molecule has 0 radical (unpaired) electrons. The monoisotopic (exact) mass is 354 g/mol. The van der Waals surface area contributed by atoms with Gasteiger partial charge in [0.05, 0.1) is 10.6 Å². The summed E-state index contributed by atoms with van der Waals surface area (Å²) in [5, 5.41) is 0.384. The summed E-state index contributed by atoms with van der Waals surface area (Å²) in [5.74, 6) is -0.462. The maximum Gasteiger partial charge on any atom is 0.341 e. The highest BCUT2D eigenvalue weighted by molar-refractivity contribution is 9.25. The molecule has 1 rings (SSSR count). The molecule has 0 heterocycles. The fourth-order valence-corrected chi connectivity index (χ4v) is 1.40. The maximum atomic E-state index is 11.7. The van der Waals surface area contributed by atoms with Gasteiger partial charge < -0.3 is 4.74 Å². The van der Waals surface area contributed by atoms with Gasteiger partial charge in [-0.05, 0) is 44.0 Å². The Morgan fingerprint density at radius 1 is 1.47 bits per heavy atom. The summed E-state index contributed by atoms with van der Waals surface area (Å²) < 4.78 is 4.34. The minimum atomic E-state index is -0.823. The third-order valence-electron chi connectivity index (χ3n) is 1.75. The quantitative estimate of drug-likeness (QED) is 0.594. The van der Waals surface area contributed by atoms with Crippen LogP contribution in [-0.4, -0.2) is 9.39 Å². The molecule has 15 heavy (non-hydrogen) atoms. The molecule has 0 unspecified atom stereocenters. The first kappa shape index (κ1) is 13.0. The van der Waals surface area contributed by atoms with E-state index in [1.807, 2.05) is 6.92 Å². The molecule has 1 aromatic rings. The Morgan fingerprint density at radius 3 is 2.60 bits per heavy atom. The summed E-state index contributed by atoms with van der Waals surface area (Å²) in [6, 6.07) is 6.76. The van der Waals surface area contributed by atoms with Crippen LogP contribution in [0.3, 0.4) is 0 Å². The first-order valence-electron chi connectivity index (χ1n) is 4.32. The van der Waals surface area contributed by atoms with Gasteiger partial charge in [-0.2, -0.15) is 0 Å². The topological polar surface area (TPSA) is 26.3 Å². The molecule has 0 amide bonds. The van der Waals surface area contributed by atoms with Crippen LogP contribution in [0, 0.1) is 0 Å². The Bertz CT molecular complexity index is 366. The van der Waals surface area contributed by atoms with Gasteiger partial charge in [-0.1, -0.05) is 30.7 Å². The summed E-state index contributed by atoms with van der Waals surface area (Å²) in [4.78, 5) is 11.7. The first-order valence-corrected chi connectivity index (χ1v) is 6.28. The molecule has 0 N–H and O–H groups in total. The normalized spacial score (nSPS) is 11.2. The molecule has 0 aliphatic rings. The van der Waals surface area contributed by atoms with Crippen LogP contribution in [0.25, 0.3) is 0 Å². The van der Waals surface area contributed by atoms with E-state index >= 15 is 0 Å². The van der Waals surface area contributed by atoms with Crippen LogP contribution in [0.1, 0.15) is 23.7 Å². The minimum absolute atomic E-state index is 0.357. The van der Waals surface area contributed by atoms with Crippen molar-refractivity contribution in [2.45, 2.75) is 16.8 Å². The lowest BCUT2D eigenvalue weighted by Crippen LogP contribution is -2.20. The highest BCUT2D eigenvalue weighted by atomic mass is 79.9. The lowest BCUT2D eigenvalue weighted by Gasteiger charge is -2.19. The van der Waals surface area contributed by atoms with Crippen LogP contribution in [0.5, 0.6) is 0 Å². The SMILES string of the molecule is CCC(Br)(Br)OC(=O)c1ccccc1Cl. The predicted octanol–water partition coefficient (Wildman–Crippen LogP) is 4.35. The van der Waals surface area contributed by atoms with E-state index in [0.717, 1.165) is 0 Å². The molecule has 5 heteroatoms. The average molecular weight is 356 g/mol. The van der Waals surface area contributed by atoms with Crippen LogP contribution >= 0.6 is 43.5 Å². The lowest BCUT2D eigenvalue weighted by atomic mass is 10.2. The molecule has 0 bridgehead atoms. The smallest absolute Gasteiger partial charge is 0.341 e. The van der Waals surface area contributed by atoms with Crippen molar-refractivity contribution in [1.29, 1.82) is 0 Å². The summed E-state index contributed by atoms with van der Waals surface area (Å²) in [5.41, 5.74) is 0.357. The number of benzene rings is 1. The lowest BCUT2D eigenvalue weighted by molar-refractivity contribution is 0.0423. The molecule has 0 saturated carbocycles. The van der Waals surface area contributed by atoms with Crippen molar-refractivity contribution >= 4 is 49.4 Å². The molecule has 1 aromatic carbocycles. The van der Waals surface area contributed by atoms with E-state index in [9.17, 15) is 4.79 Å². The van der Waals surface area contributed by atoms with Crippen LogP contribution < -0.4 is 0 Å². The fourth-order valence-electron chi connectivity index (χ4n) is 0.890. The molecule has 0 aliphatic heterocycles. The van der Waals surface area contributed by atoms with Gasteiger partial charge in [0.1, 0.15) is 0 Å². The van der Waals surface area contributed by atoms with E-state index in [2.05, 4.69) is 31.9 Å². The molecule has 0 spiro atoms. The third kappa shape index (κ3) is 3.78. The number of rotatable bonds is 3. The average Bonchev–Trinajstić information content (AvgIpc) is 2.17. The van der Waals surface area contributed by atoms with Crippen LogP contribution in [-0.2, 0) is 4.74 Å². The number of carbonyl (C=O) groups is 1. The van der Waals surface area contributed by atoms with Gasteiger partial charge in [0.25, 0.3) is 0 Å². The van der Waals surface area contributed by atoms with Gasteiger partial charge >= 0.3 is 5.97 Å². The zero-order valence-corrected chi connectivity index (χ0v) is 11.9. The molecular formula is C10H9Br2ClO2. The standard InChI is InChI=1S/C10H9Br2ClO2/c1-2-10(11,12)15-9(14)7-5-3-4-6-8(7)13/h3-6H,2H2,1H3. The van der Waals surface area contributed by atoms with Gasteiger partial charge in [0, 0.05) is 6.42 Å². The fraction of sp³-hybridized carbons (Fsp3) is 0.300. The zero-order chi connectivity index (χ0) is 11.5. The highest BCUT2D eigenvalue weighted by Gasteiger charge is 2.26. The van der Waals surface area contributed by atoms with Crippen molar-refractivity contribution in [2.24, 2.45) is 0 Å². The summed E-state index contributed by atoms with van der Waals surface area (Å²) >= 11 is 12.3. The van der Waals surface area contributed by atoms with E-state index < -0.39 is 9.39 Å². The molecule has 0 aliphatic carbocycles. The summed E-state index contributed by atoms with van der Waals surface area (Å²) in [7, 11) is 0. The van der Waals surface area contributed by atoms with Crippen molar-refractivity contribution in [3.05, 3.63) is 34.9 Å². The van der Waals surface area contributed by atoms with Gasteiger partial charge in [-0.3, -0.25) is 0 Å². The minimum Gasteiger partial charge on any atom is -0.433 e. The highest BCUT2D eigenvalue weighted by Crippen LogP contribution is 2.32. The largest absolute Gasteiger partial charge is 0.433 e. The Hall–Kier alpha value is -0.0600. The number of hydrogen-bond acceptors (Lipinski definition) is 2. The number of hydrogen-bond donors (Lipinski definition) is 0. The number of carbonyl (C=O) groups excluding carboxylic acids is 1. The molecule has 2 nitrogen and oxygen atoms in total. The van der Waals surface area contributed by atoms with Crippen LogP contribution in [0.4, 0.5) is 0 Å². The van der Waals surface area contributed by atoms with Crippen molar-refractivity contribution in [3.63, 3.8) is 0 Å². The Kier molecular flexibility index (Phi) is 4.62. The number of halogens is 3. The second kappa shape index (κ2) is 5.32. The molecule has 0 fully saturated rings. The van der Waals surface area contributed by atoms with E-state index in [4.69, 9.17) is 16.3 Å². The summed E-state index contributed by atoms with van der Waals surface area (Å²) in [6.45, 7) is 1.88. The van der Waals surface area contributed by atoms with Gasteiger partial charge in [0.2, 0.25) is 3.42 Å². The van der Waals surface area contributed by atoms with E-state index in [1.54, 1.807) is 24.3 Å². The second-order valence-electron chi connectivity index (χ2n) is 2.86. The molecule has 0 atom stereocenters. The number of ether oxygens (including phenoxy) is 1. The number of alkyl halides is 2. The van der Waals surface area contributed by atoms with Gasteiger partial charge in [-0.25, -0.2) is 4.79 Å². The molecule has 82 valence electrons. The first-order chi connectivity index (χ1) is 6.96. The van der Waals surface area contributed by atoms with E-state index in [0.29, 0.717) is 17.0 Å². The maximum absolute atomic E-state index is 11.7. The molecular weight excluding hydrogens is 347 g/mol. The van der Waals surface area contributed by atoms with Crippen LogP contribution in [0.15, 0.2) is 24.3 Å². The third-order valence-corrected chi connectivity index (χ3v) is 3.52. The predicted molar refractivity (Wildman–Crippen MR) is 67.7 cm³/mol. The van der Waals surface area contributed by atoms with Crippen molar-refractivity contribution in [1.82, 2.24) is 0 Å². The summed E-state index contributed by atoms with van der Waals surface area (Å²) in [6.07, 6.45) is 0.600. The Morgan fingerprint density at radius 2 is 2.07 bits per heavy atom. The second-order valence-corrected chi connectivity index (χ2v) is 6.89. The van der Waals surface area contributed by atoms with Crippen molar-refractivity contribution in [3.8, 4) is 0 Å². The van der Waals surface area contributed by atoms with Gasteiger partial charge in [-0.15, -0.1) is 0 Å². The molecule has 0 saturated heterocycles. The van der Waals surface area contributed by atoms with Crippen molar-refractivity contribution < 1.29 is 9.53 Å². The Labute approximate surface area is 110 Å².